The van der Waals surface area contributed by atoms with Crippen molar-refractivity contribution in [3.8, 4) is 11.1 Å². The van der Waals surface area contributed by atoms with Gasteiger partial charge in [0, 0.05) is 39.1 Å². The van der Waals surface area contributed by atoms with Crippen molar-refractivity contribution in [3.05, 3.63) is 59.4 Å². The Morgan fingerprint density at radius 3 is 2.42 bits per heavy atom. The zero-order chi connectivity index (χ0) is 30.7. The molecule has 2 aromatic rings. The van der Waals surface area contributed by atoms with Crippen molar-refractivity contribution in [3.63, 3.8) is 0 Å². The van der Waals surface area contributed by atoms with E-state index in [-0.39, 0.29) is 62.9 Å². The lowest BCUT2D eigenvalue weighted by Crippen LogP contribution is -2.64. The van der Waals surface area contributed by atoms with Crippen LogP contribution in [0.4, 0.5) is 13.6 Å². The number of hydrogen-bond donors (Lipinski definition) is 1. The van der Waals surface area contributed by atoms with Crippen LogP contribution in [0.5, 0.6) is 0 Å². The van der Waals surface area contributed by atoms with E-state index in [4.69, 9.17) is 9.47 Å². The molecule has 5 rings (SSSR count). The molecule has 2 amide bonds. The van der Waals surface area contributed by atoms with Gasteiger partial charge in [-0.2, -0.15) is 0 Å². The number of rotatable bonds is 9. The Balaban J connectivity index is 1.24. The van der Waals surface area contributed by atoms with Crippen LogP contribution in [-0.2, 0) is 31.0 Å². The third kappa shape index (κ3) is 6.99. The summed E-state index contributed by atoms with van der Waals surface area (Å²) >= 11 is 0. The fourth-order valence-electron chi connectivity index (χ4n) is 6.07. The maximum Gasteiger partial charge on any atom is 0.411 e. The average molecular weight is 599 g/mol. The highest BCUT2D eigenvalue weighted by molar-refractivity contribution is 5.82. The van der Waals surface area contributed by atoms with Crippen LogP contribution in [0.1, 0.15) is 44.2 Å². The minimum atomic E-state index is -1.25. The Bertz CT molecular complexity index is 1340. The number of esters is 1. The first-order chi connectivity index (χ1) is 20.6. The molecule has 9 nitrogen and oxygen atoms in total. The molecule has 3 aliphatic rings. The summed E-state index contributed by atoms with van der Waals surface area (Å²) in [5.41, 5.74) is 3.23. The topological polar surface area (TPSA) is 91.4 Å². The Morgan fingerprint density at radius 2 is 1.77 bits per heavy atom. The number of nitrogens with zero attached hydrogens (tertiary/aromatic N) is 3. The number of alkyl halides is 1. The maximum absolute atomic E-state index is 14.8. The molecule has 1 aliphatic carbocycles. The fraction of sp³-hybridized carbons (Fsp3) is 0.531. The minimum Gasteiger partial charge on any atom is -0.468 e. The van der Waals surface area contributed by atoms with E-state index in [1.54, 1.807) is 17.9 Å². The van der Waals surface area contributed by atoms with Crippen LogP contribution in [0.15, 0.2) is 42.5 Å². The van der Waals surface area contributed by atoms with E-state index < -0.39 is 30.4 Å². The summed E-state index contributed by atoms with van der Waals surface area (Å²) in [4.78, 5) is 43.1. The number of halogens is 2. The predicted octanol–water partition coefficient (Wildman–Crippen LogP) is 3.85. The van der Waals surface area contributed by atoms with Gasteiger partial charge in [-0.15, -0.1) is 0 Å². The minimum absolute atomic E-state index is 0.00442. The smallest absolute Gasteiger partial charge is 0.411 e. The summed E-state index contributed by atoms with van der Waals surface area (Å²) in [5, 5.41) is 2.92. The standard InChI is InChI=1S/C32H40F2N4O5/c1-4-43-31(41)37-14-13-36(20-29(39)42-3)19-28(37)38-18-24(33)16-27(38)30(40)35-17-21-5-7-22(8-6-21)23-9-10-25(26(34)15-23)32(2)11-12-32/h5-10,15,24,27-28H,4,11-14,16-20H2,1-3H3,(H,35,40). The summed E-state index contributed by atoms with van der Waals surface area (Å²) in [5.74, 6) is -0.943. The number of carbonyl (C=O) groups excluding carboxylic acids is 3. The largest absolute Gasteiger partial charge is 0.468 e. The molecule has 2 aromatic carbocycles. The molecule has 1 N–H and O–H groups in total. The molecule has 3 atom stereocenters. The van der Waals surface area contributed by atoms with Gasteiger partial charge in [-0.25, -0.2) is 13.6 Å². The van der Waals surface area contributed by atoms with E-state index in [1.807, 2.05) is 41.3 Å². The molecule has 11 heteroatoms. The highest BCUT2D eigenvalue weighted by atomic mass is 19.1. The van der Waals surface area contributed by atoms with Crippen LogP contribution in [0.3, 0.4) is 0 Å². The monoisotopic (exact) mass is 598 g/mol. The molecule has 2 saturated heterocycles. The average Bonchev–Trinajstić information content (AvgIpc) is 3.62. The van der Waals surface area contributed by atoms with Crippen molar-refractivity contribution < 1.29 is 32.6 Å². The molecule has 1 saturated carbocycles. The number of amides is 2. The number of nitrogens with one attached hydrogen (secondary N) is 1. The first kappa shape index (κ1) is 30.9. The van der Waals surface area contributed by atoms with E-state index in [0.29, 0.717) is 6.54 Å². The fourth-order valence-corrected chi connectivity index (χ4v) is 6.07. The van der Waals surface area contributed by atoms with Crippen LogP contribution in [0, 0.1) is 5.82 Å². The first-order valence-electron chi connectivity index (χ1n) is 14.9. The summed E-state index contributed by atoms with van der Waals surface area (Å²) in [6, 6.07) is 12.1. The summed E-state index contributed by atoms with van der Waals surface area (Å²) in [7, 11) is 1.31. The number of benzene rings is 2. The molecule has 0 radical (unpaired) electrons. The normalized spacial score (nSPS) is 23.6. The third-order valence-corrected chi connectivity index (χ3v) is 8.87. The highest BCUT2D eigenvalue weighted by Gasteiger charge is 2.46. The second kappa shape index (κ2) is 13.0. The van der Waals surface area contributed by atoms with Crippen LogP contribution < -0.4 is 5.32 Å². The quantitative estimate of drug-likeness (QED) is 0.439. The number of hydrogen-bond acceptors (Lipinski definition) is 7. The van der Waals surface area contributed by atoms with Gasteiger partial charge in [-0.1, -0.05) is 43.3 Å². The van der Waals surface area contributed by atoms with Crippen LogP contribution in [-0.4, -0.2) is 97.5 Å². The van der Waals surface area contributed by atoms with Crippen molar-refractivity contribution in [2.24, 2.45) is 0 Å². The summed E-state index contributed by atoms with van der Waals surface area (Å²) in [6.45, 7) is 5.13. The molecule has 3 unspecified atom stereocenters. The van der Waals surface area contributed by atoms with Crippen LogP contribution in [0.25, 0.3) is 11.1 Å². The number of piperazine rings is 1. The van der Waals surface area contributed by atoms with Gasteiger partial charge in [0.15, 0.2) is 0 Å². The second-order valence-electron chi connectivity index (χ2n) is 11.9. The highest BCUT2D eigenvalue weighted by Crippen LogP contribution is 2.48. The lowest BCUT2D eigenvalue weighted by atomic mass is 9.94. The number of carbonyl (C=O) groups is 3. The number of methoxy groups -OCH3 is 1. The van der Waals surface area contributed by atoms with Gasteiger partial charge in [0.2, 0.25) is 5.91 Å². The summed E-state index contributed by atoms with van der Waals surface area (Å²) in [6.07, 6.45) is -0.427. The van der Waals surface area contributed by atoms with E-state index in [0.717, 1.165) is 35.1 Å². The van der Waals surface area contributed by atoms with E-state index in [1.165, 1.54) is 12.0 Å². The SMILES string of the molecule is CCOC(=O)N1CCN(CC(=O)OC)CC1N1CC(F)CC1C(=O)NCc1ccc(-c2ccc(C3(C)CC3)c(F)c2)cc1. The van der Waals surface area contributed by atoms with Gasteiger partial charge in [0.25, 0.3) is 0 Å². The Morgan fingerprint density at radius 1 is 1.05 bits per heavy atom. The van der Waals surface area contributed by atoms with Gasteiger partial charge in [-0.3, -0.25) is 24.3 Å². The molecule has 232 valence electrons. The molecule has 0 bridgehead atoms. The van der Waals surface area contributed by atoms with Gasteiger partial charge in [0.05, 0.1) is 26.3 Å². The molecular weight excluding hydrogens is 558 g/mol. The van der Waals surface area contributed by atoms with Crippen molar-refractivity contribution >= 4 is 18.0 Å². The Hall–Kier alpha value is -3.57. The lowest BCUT2D eigenvalue weighted by Gasteiger charge is -2.45. The number of likely N-dealkylation sites (tertiary alicyclic amines) is 1. The van der Waals surface area contributed by atoms with E-state index in [9.17, 15) is 23.2 Å². The van der Waals surface area contributed by atoms with Gasteiger partial charge in [-0.05, 0) is 53.5 Å². The second-order valence-corrected chi connectivity index (χ2v) is 11.9. The molecule has 0 aromatic heterocycles. The lowest BCUT2D eigenvalue weighted by molar-refractivity contribution is -0.143. The molecule has 2 heterocycles. The van der Waals surface area contributed by atoms with Crippen molar-refractivity contribution in [2.75, 3.05) is 46.4 Å². The van der Waals surface area contributed by atoms with Crippen LogP contribution in [0.2, 0.25) is 0 Å². The van der Waals surface area contributed by atoms with Crippen molar-refractivity contribution in [1.82, 2.24) is 20.0 Å². The van der Waals surface area contributed by atoms with Gasteiger partial charge in [0.1, 0.15) is 18.2 Å². The molecule has 3 fully saturated rings. The van der Waals surface area contributed by atoms with Gasteiger partial charge < -0.3 is 14.8 Å². The molecule has 2 aliphatic heterocycles. The van der Waals surface area contributed by atoms with Gasteiger partial charge >= 0.3 is 12.1 Å². The first-order valence-corrected chi connectivity index (χ1v) is 14.9. The third-order valence-electron chi connectivity index (χ3n) is 8.87. The molecule has 0 spiro atoms. The zero-order valence-electron chi connectivity index (χ0n) is 25.0. The van der Waals surface area contributed by atoms with E-state index in [2.05, 4.69) is 12.2 Å². The maximum atomic E-state index is 14.8. The molecular formula is C32H40F2N4O5. The number of ether oxygens (including phenoxy) is 2. The van der Waals surface area contributed by atoms with E-state index >= 15 is 0 Å². The summed E-state index contributed by atoms with van der Waals surface area (Å²) < 4.78 is 39.6. The predicted molar refractivity (Wildman–Crippen MR) is 156 cm³/mol. The zero-order valence-corrected chi connectivity index (χ0v) is 25.0. The van der Waals surface area contributed by atoms with Crippen LogP contribution >= 0.6 is 0 Å². The van der Waals surface area contributed by atoms with Crippen molar-refractivity contribution in [2.45, 2.75) is 63.4 Å². The van der Waals surface area contributed by atoms with Crippen molar-refractivity contribution in [1.29, 1.82) is 0 Å². The Kier molecular flexibility index (Phi) is 9.31. The molecule has 43 heavy (non-hydrogen) atoms. The Labute approximate surface area is 251 Å².